The SMILES string of the molecule is CC(Nc1nc(-c2noc(=O)[nH]2)nc2ncn(C)c12)C1CCC1.FC(F)(F)C1CCCCC1. The molecule has 0 bridgehead atoms. The van der Waals surface area contributed by atoms with Crippen LogP contribution in [0.4, 0.5) is 19.0 Å². The minimum Gasteiger partial charge on any atom is -0.365 e. The zero-order chi connectivity index (χ0) is 23.6. The molecule has 2 fully saturated rings. The average Bonchev–Trinajstić information content (AvgIpc) is 3.33. The zero-order valence-corrected chi connectivity index (χ0v) is 18.7. The number of hydrogen-bond donors (Lipinski definition) is 2. The molecule has 0 saturated heterocycles. The molecular weight excluding hydrogens is 439 g/mol. The van der Waals surface area contributed by atoms with Crippen molar-refractivity contribution in [3.05, 3.63) is 16.9 Å². The normalized spacial score (nSPS) is 18.5. The fourth-order valence-electron chi connectivity index (χ4n) is 4.29. The van der Waals surface area contributed by atoms with Crippen LogP contribution in [0.5, 0.6) is 0 Å². The monoisotopic (exact) mass is 467 g/mol. The van der Waals surface area contributed by atoms with E-state index in [0.29, 0.717) is 36.3 Å². The van der Waals surface area contributed by atoms with Crippen molar-refractivity contribution in [2.45, 2.75) is 70.5 Å². The number of rotatable bonds is 4. The van der Waals surface area contributed by atoms with Gasteiger partial charge in [-0.1, -0.05) is 30.8 Å². The maximum atomic E-state index is 11.9. The topological polar surface area (TPSA) is 115 Å². The Bertz CT molecular complexity index is 1130. The van der Waals surface area contributed by atoms with Gasteiger partial charge in [0, 0.05) is 13.1 Å². The number of aromatic nitrogens is 6. The van der Waals surface area contributed by atoms with Gasteiger partial charge in [0.05, 0.1) is 12.2 Å². The van der Waals surface area contributed by atoms with Crippen LogP contribution >= 0.6 is 0 Å². The van der Waals surface area contributed by atoms with E-state index in [0.717, 1.165) is 24.8 Å². The molecule has 5 rings (SSSR count). The van der Waals surface area contributed by atoms with Crippen molar-refractivity contribution in [3.8, 4) is 11.6 Å². The number of nitrogens with zero attached hydrogens (tertiary/aromatic N) is 5. The Morgan fingerprint density at radius 3 is 2.42 bits per heavy atom. The lowest BCUT2D eigenvalue weighted by Crippen LogP contribution is -2.31. The summed E-state index contributed by atoms with van der Waals surface area (Å²) in [6.07, 6.45) is 4.70. The van der Waals surface area contributed by atoms with E-state index in [2.05, 4.69) is 41.9 Å². The average molecular weight is 467 g/mol. The Morgan fingerprint density at radius 1 is 1.15 bits per heavy atom. The van der Waals surface area contributed by atoms with E-state index in [1.807, 2.05) is 11.6 Å². The Kier molecular flexibility index (Phi) is 6.71. The van der Waals surface area contributed by atoms with E-state index < -0.39 is 17.9 Å². The minimum absolute atomic E-state index is 0.196. The number of imidazole rings is 1. The van der Waals surface area contributed by atoms with E-state index in [1.165, 1.54) is 19.3 Å². The Hall–Kier alpha value is -2.92. The molecule has 2 aliphatic rings. The third-order valence-electron chi connectivity index (χ3n) is 6.51. The molecule has 0 spiro atoms. The van der Waals surface area contributed by atoms with Crippen molar-refractivity contribution in [2.75, 3.05) is 5.32 Å². The molecule has 0 aliphatic heterocycles. The summed E-state index contributed by atoms with van der Waals surface area (Å²) in [5.41, 5.74) is 1.37. The molecule has 2 saturated carbocycles. The van der Waals surface area contributed by atoms with Gasteiger partial charge in [0.1, 0.15) is 5.52 Å². The van der Waals surface area contributed by atoms with Crippen LogP contribution in [0.2, 0.25) is 0 Å². The molecule has 1 atom stereocenters. The van der Waals surface area contributed by atoms with E-state index in [4.69, 9.17) is 0 Å². The van der Waals surface area contributed by atoms with Gasteiger partial charge in [-0.2, -0.15) is 13.2 Å². The van der Waals surface area contributed by atoms with Gasteiger partial charge in [-0.15, -0.1) is 0 Å². The van der Waals surface area contributed by atoms with E-state index in [-0.39, 0.29) is 11.6 Å². The second-order valence-electron chi connectivity index (χ2n) is 8.87. The fourth-order valence-corrected chi connectivity index (χ4v) is 4.29. The number of alkyl halides is 3. The number of aromatic amines is 1. The molecule has 1 unspecified atom stereocenters. The second-order valence-corrected chi connectivity index (χ2v) is 8.87. The minimum atomic E-state index is -3.93. The summed E-state index contributed by atoms with van der Waals surface area (Å²) in [6.45, 7) is 2.16. The van der Waals surface area contributed by atoms with Crippen LogP contribution < -0.4 is 11.1 Å². The first kappa shape index (κ1) is 23.2. The van der Waals surface area contributed by atoms with Crippen LogP contribution in [-0.2, 0) is 7.05 Å². The van der Waals surface area contributed by atoms with Crippen molar-refractivity contribution >= 4 is 17.0 Å². The quantitative estimate of drug-likeness (QED) is 0.583. The molecule has 3 heterocycles. The van der Waals surface area contributed by atoms with Crippen LogP contribution in [0.25, 0.3) is 22.8 Å². The summed E-state index contributed by atoms with van der Waals surface area (Å²) in [6, 6.07) is 0.306. The number of aryl methyl sites for hydroxylation is 1. The van der Waals surface area contributed by atoms with E-state index in [1.54, 1.807) is 6.33 Å². The van der Waals surface area contributed by atoms with Crippen molar-refractivity contribution in [2.24, 2.45) is 18.9 Å². The van der Waals surface area contributed by atoms with Gasteiger partial charge in [0.2, 0.25) is 11.6 Å². The smallest absolute Gasteiger partial charge is 0.365 e. The number of H-pyrrole nitrogens is 1. The molecule has 3 aromatic heterocycles. The number of nitrogens with one attached hydrogen (secondary N) is 2. The summed E-state index contributed by atoms with van der Waals surface area (Å²) < 4.78 is 42.2. The van der Waals surface area contributed by atoms with Crippen LogP contribution in [0.3, 0.4) is 0 Å². The molecule has 0 amide bonds. The maximum Gasteiger partial charge on any atom is 0.439 e. The first-order chi connectivity index (χ1) is 15.7. The largest absolute Gasteiger partial charge is 0.439 e. The molecule has 12 heteroatoms. The van der Waals surface area contributed by atoms with Crippen molar-refractivity contribution in [1.82, 2.24) is 29.7 Å². The Labute approximate surface area is 188 Å². The van der Waals surface area contributed by atoms with E-state index >= 15 is 0 Å². The predicted octanol–water partition coefficient (Wildman–Crippen LogP) is 4.44. The number of halogens is 3. The van der Waals surface area contributed by atoms with Gasteiger partial charge in [-0.25, -0.2) is 19.7 Å². The molecule has 0 radical (unpaired) electrons. The van der Waals surface area contributed by atoms with Crippen LogP contribution in [0, 0.1) is 11.8 Å². The molecule has 2 N–H and O–H groups in total. The zero-order valence-electron chi connectivity index (χ0n) is 18.7. The van der Waals surface area contributed by atoms with Gasteiger partial charge < -0.3 is 9.88 Å². The van der Waals surface area contributed by atoms with Gasteiger partial charge in [-0.3, -0.25) is 9.51 Å². The van der Waals surface area contributed by atoms with Gasteiger partial charge in [0.15, 0.2) is 11.5 Å². The molecule has 2 aliphatic carbocycles. The van der Waals surface area contributed by atoms with Gasteiger partial charge in [-0.05, 0) is 38.5 Å². The second kappa shape index (κ2) is 9.52. The molecule has 33 heavy (non-hydrogen) atoms. The first-order valence-corrected chi connectivity index (χ1v) is 11.3. The summed E-state index contributed by atoms with van der Waals surface area (Å²) in [4.78, 5) is 26.8. The highest BCUT2D eigenvalue weighted by molar-refractivity contribution is 5.84. The molecule has 0 aromatic carbocycles. The predicted molar refractivity (Wildman–Crippen MR) is 115 cm³/mol. The highest BCUT2D eigenvalue weighted by Crippen LogP contribution is 2.37. The Balaban J connectivity index is 0.000000219. The van der Waals surface area contributed by atoms with Gasteiger partial charge >= 0.3 is 11.9 Å². The lowest BCUT2D eigenvalue weighted by Gasteiger charge is -2.32. The fraction of sp³-hybridized carbons (Fsp3) is 0.667. The molecular formula is C21H28F3N7O2. The molecule has 180 valence electrons. The first-order valence-electron chi connectivity index (χ1n) is 11.3. The highest BCUT2D eigenvalue weighted by atomic mass is 19.4. The molecule has 3 aromatic rings. The van der Waals surface area contributed by atoms with Crippen LogP contribution in [0.15, 0.2) is 15.6 Å². The lowest BCUT2D eigenvalue weighted by molar-refractivity contribution is -0.181. The summed E-state index contributed by atoms with van der Waals surface area (Å²) in [5, 5.41) is 7.12. The van der Waals surface area contributed by atoms with Gasteiger partial charge in [0.25, 0.3) is 0 Å². The number of hydrogen-bond acceptors (Lipinski definition) is 7. The third kappa shape index (κ3) is 5.36. The highest BCUT2D eigenvalue weighted by Gasteiger charge is 2.39. The van der Waals surface area contributed by atoms with Crippen molar-refractivity contribution in [1.29, 1.82) is 0 Å². The summed E-state index contributed by atoms with van der Waals surface area (Å²) in [5.74, 6) is 0.187. The van der Waals surface area contributed by atoms with E-state index in [9.17, 15) is 18.0 Å². The number of fused-ring (bicyclic) bond motifs is 1. The third-order valence-corrected chi connectivity index (χ3v) is 6.51. The summed E-state index contributed by atoms with van der Waals surface area (Å²) >= 11 is 0. The standard InChI is InChI=1S/C14H17N7O2.C7H11F3/c1-7(8-4-3-5-8)16-11-9-10(15-6-21(9)2)17-12(18-11)13-19-14(22)23-20-13;8-7(9,10)6-4-2-1-3-5-6/h6-8H,3-5H2,1-2H3,(H,16,17,18)(H,19,20,22);6H,1-5H2. The van der Waals surface area contributed by atoms with Crippen molar-refractivity contribution < 1.29 is 17.7 Å². The number of anilines is 1. The summed E-state index contributed by atoms with van der Waals surface area (Å²) in [7, 11) is 1.90. The maximum absolute atomic E-state index is 11.9. The van der Waals surface area contributed by atoms with Crippen molar-refractivity contribution in [3.63, 3.8) is 0 Å². The lowest BCUT2D eigenvalue weighted by atomic mass is 9.80. The Morgan fingerprint density at radius 2 is 1.88 bits per heavy atom. The van der Waals surface area contributed by atoms with Crippen LogP contribution in [-0.4, -0.2) is 41.9 Å². The van der Waals surface area contributed by atoms with Crippen LogP contribution in [0.1, 0.15) is 58.3 Å². The molecule has 9 nitrogen and oxygen atoms in total.